The minimum absolute atomic E-state index is 0.0246. The zero-order valence-corrected chi connectivity index (χ0v) is 9.29. The lowest BCUT2D eigenvalue weighted by atomic mass is 10.1. The lowest BCUT2D eigenvalue weighted by Gasteiger charge is -2.13. The Labute approximate surface area is 100.0 Å². The molecule has 1 unspecified atom stereocenters. The lowest BCUT2D eigenvalue weighted by Crippen LogP contribution is -2.17. The summed E-state index contributed by atoms with van der Waals surface area (Å²) in [5.74, 6) is -2.56. The van der Waals surface area contributed by atoms with Crippen LogP contribution >= 0.6 is 0 Å². The number of halogens is 4. The summed E-state index contributed by atoms with van der Waals surface area (Å²) < 4.78 is 54.6. The lowest BCUT2D eigenvalue weighted by molar-refractivity contribution is -0.153. The second kappa shape index (κ2) is 5.34. The first-order valence-electron chi connectivity index (χ1n) is 4.98. The average Bonchev–Trinajstić information content (AvgIpc) is 2.27. The van der Waals surface area contributed by atoms with Gasteiger partial charge in [-0.2, -0.15) is 13.2 Å². The Morgan fingerprint density at radius 3 is 2.56 bits per heavy atom. The van der Waals surface area contributed by atoms with Crippen LogP contribution < -0.4 is 0 Å². The van der Waals surface area contributed by atoms with Crippen molar-refractivity contribution in [2.45, 2.75) is 19.2 Å². The Kier molecular flexibility index (Phi) is 4.28. The quantitative estimate of drug-likeness (QED) is 0.675. The number of hydrogen-bond donors (Lipinski definition) is 1. The number of hydrogen-bond acceptors (Lipinski definition) is 3. The summed E-state index contributed by atoms with van der Waals surface area (Å²) in [5.41, 5.74) is -1.91. The third-order valence-electron chi connectivity index (χ3n) is 2.12. The van der Waals surface area contributed by atoms with Crippen molar-refractivity contribution < 1.29 is 32.2 Å². The summed E-state index contributed by atoms with van der Waals surface area (Å²) in [6.07, 6.45) is -6.76. The van der Waals surface area contributed by atoms with Crippen LogP contribution in [0.5, 0.6) is 0 Å². The number of aliphatic hydroxyl groups excluding tert-OH is 1. The molecule has 100 valence electrons. The third-order valence-corrected chi connectivity index (χ3v) is 2.12. The van der Waals surface area contributed by atoms with Gasteiger partial charge in [0.25, 0.3) is 0 Å². The zero-order chi connectivity index (χ0) is 13.9. The molecule has 0 saturated carbocycles. The molecule has 0 aliphatic heterocycles. The number of carbonyl (C=O) groups excluding carboxylic acids is 1. The van der Waals surface area contributed by atoms with Crippen LogP contribution in [0.4, 0.5) is 17.6 Å². The van der Waals surface area contributed by atoms with E-state index in [1.165, 1.54) is 6.92 Å². The number of carbonyl (C=O) groups is 1. The van der Waals surface area contributed by atoms with Gasteiger partial charge in [0, 0.05) is 0 Å². The normalized spacial score (nSPS) is 13.2. The Balaban J connectivity index is 3.09. The van der Waals surface area contributed by atoms with Gasteiger partial charge in [0.1, 0.15) is 5.82 Å². The predicted molar refractivity (Wildman–Crippen MR) is 53.0 cm³/mol. The van der Waals surface area contributed by atoms with Gasteiger partial charge in [-0.3, -0.25) is 0 Å². The molecular formula is C11H10F4O3. The van der Waals surface area contributed by atoms with Crippen molar-refractivity contribution in [2.24, 2.45) is 0 Å². The largest absolute Gasteiger partial charge is 0.464 e. The Hall–Kier alpha value is -1.63. The van der Waals surface area contributed by atoms with Crippen molar-refractivity contribution in [1.82, 2.24) is 0 Å². The minimum Gasteiger partial charge on any atom is -0.464 e. The van der Waals surface area contributed by atoms with Crippen LogP contribution in [0.15, 0.2) is 18.2 Å². The molecule has 0 heterocycles. The molecule has 0 aliphatic rings. The number of benzene rings is 1. The van der Waals surface area contributed by atoms with Gasteiger partial charge < -0.3 is 9.84 Å². The molecule has 0 amide bonds. The molecule has 3 nitrogen and oxygen atoms in total. The van der Waals surface area contributed by atoms with Crippen molar-refractivity contribution in [3.05, 3.63) is 35.1 Å². The summed E-state index contributed by atoms with van der Waals surface area (Å²) in [7, 11) is 0. The van der Waals surface area contributed by atoms with Gasteiger partial charge in [0.15, 0.2) is 6.10 Å². The van der Waals surface area contributed by atoms with Crippen LogP contribution in [0.1, 0.15) is 24.2 Å². The van der Waals surface area contributed by atoms with E-state index in [4.69, 9.17) is 0 Å². The number of rotatable bonds is 3. The van der Waals surface area contributed by atoms with Crippen LogP contribution in [0, 0.1) is 5.82 Å². The highest BCUT2D eigenvalue weighted by atomic mass is 19.4. The van der Waals surface area contributed by atoms with Crippen LogP contribution in [-0.4, -0.2) is 17.7 Å². The molecule has 0 aliphatic carbocycles. The van der Waals surface area contributed by atoms with Crippen LogP contribution in [0.3, 0.4) is 0 Å². The number of aliphatic hydroxyl groups is 1. The molecule has 7 heteroatoms. The molecule has 0 aromatic heterocycles. The van der Waals surface area contributed by atoms with E-state index in [0.29, 0.717) is 12.1 Å². The molecule has 1 aromatic rings. The van der Waals surface area contributed by atoms with E-state index >= 15 is 0 Å². The van der Waals surface area contributed by atoms with E-state index in [1.54, 1.807) is 0 Å². The molecular weight excluding hydrogens is 256 g/mol. The molecule has 18 heavy (non-hydrogen) atoms. The minimum atomic E-state index is -4.89. The van der Waals surface area contributed by atoms with Gasteiger partial charge in [-0.05, 0) is 24.6 Å². The Morgan fingerprint density at radius 2 is 2.06 bits per heavy atom. The van der Waals surface area contributed by atoms with Gasteiger partial charge in [-0.15, -0.1) is 0 Å². The summed E-state index contributed by atoms with van der Waals surface area (Å²) in [6.45, 7) is 1.46. The van der Waals surface area contributed by atoms with Crippen molar-refractivity contribution in [3.8, 4) is 0 Å². The van der Waals surface area contributed by atoms with Gasteiger partial charge >= 0.3 is 12.1 Å². The first kappa shape index (κ1) is 14.4. The predicted octanol–water partition coefficient (Wildman–Crippen LogP) is 2.44. The number of alkyl halides is 3. The summed E-state index contributed by atoms with van der Waals surface area (Å²) in [4.78, 5) is 11.1. The van der Waals surface area contributed by atoms with E-state index in [0.717, 1.165) is 6.07 Å². The highest BCUT2D eigenvalue weighted by Crippen LogP contribution is 2.33. The maximum atomic E-state index is 13.0. The number of esters is 1. The van der Waals surface area contributed by atoms with E-state index in [2.05, 4.69) is 4.74 Å². The van der Waals surface area contributed by atoms with Crippen molar-refractivity contribution in [2.75, 3.05) is 6.61 Å². The van der Waals surface area contributed by atoms with Crippen LogP contribution in [-0.2, 0) is 15.7 Å². The van der Waals surface area contributed by atoms with Crippen LogP contribution in [0.2, 0.25) is 0 Å². The monoisotopic (exact) mass is 266 g/mol. The summed E-state index contributed by atoms with van der Waals surface area (Å²) >= 11 is 0. The van der Waals surface area contributed by atoms with Crippen LogP contribution in [0.25, 0.3) is 0 Å². The topological polar surface area (TPSA) is 46.5 Å². The second-order valence-corrected chi connectivity index (χ2v) is 3.39. The second-order valence-electron chi connectivity index (χ2n) is 3.39. The van der Waals surface area contributed by atoms with Crippen molar-refractivity contribution in [3.63, 3.8) is 0 Å². The fraction of sp³-hybridized carbons (Fsp3) is 0.364. The molecule has 0 spiro atoms. The van der Waals surface area contributed by atoms with E-state index in [1.807, 2.05) is 0 Å². The van der Waals surface area contributed by atoms with Gasteiger partial charge in [0.05, 0.1) is 12.2 Å². The molecule has 0 fully saturated rings. The van der Waals surface area contributed by atoms with Gasteiger partial charge in [0.2, 0.25) is 0 Å². The highest BCUT2D eigenvalue weighted by molar-refractivity contribution is 5.76. The summed E-state index contributed by atoms with van der Waals surface area (Å²) in [5, 5.41) is 9.44. The molecule has 0 radical (unpaired) electrons. The Morgan fingerprint density at radius 1 is 1.44 bits per heavy atom. The van der Waals surface area contributed by atoms with Crippen molar-refractivity contribution in [1.29, 1.82) is 0 Å². The van der Waals surface area contributed by atoms with E-state index in [9.17, 15) is 27.5 Å². The average molecular weight is 266 g/mol. The van der Waals surface area contributed by atoms with E-state index < -0.39 is 29.6 Å². The standard InChI is InChI=1S/C11H10F4O3/c1-2-18-10(17)9(16)6-3-4-8(12)7(5-6)11(13,14)15/h3-5,9,16H,2H2,1H3. The maximum Gasteiger partial charge on any atom is 0.419 e. The molecule has 1 aromatic carbocycles. The Bertz CT molecular complexity index is 442. The molecule has 1 rings (SSSR count). The van der Waals surface area contributed by atoms with Gasteiger partial charge in [-0.25, -0.2) is 9.18 Å². The molecule has 1 N–H and O–H groups in total. The first-order chi connectivity index (χ1) is 8.27. The zero-order valence-electron chi connectivity index (χ0n) is 9.29. The number of ether oxygens (including phenoxy) is 1. The molecule has 1 atom stereocenters. The summed E-state index contributed by atoms with van der Waals surface area (Å²) in [6, 6.07) is 1.82. The van der Waals surface area contributed by atoms with E-state index in [-0.39, 0.29) is 12.2 Å². The molecule has 0 saturated heterocycles. The SMILES string of the molecule is CCOC(=O)C(O)c1ccc(F)c(C(F)(F)F)c1. The fourth-order valence-corrected chi connectivity index (χ4v) is 1.29. The van der Waals surface area contributed by atoms with Gasteiger partial charge in [-0.1, -0.05) is 6.07 Å². The first-order valence-corrected chi connectivity index (χ1v) is 4.98. The van der Waals surface area contributed by atoms with Crippen molar-refractivity contribution >= 4 is 5.97 Å². The highest BCUT2D eigenvalue weighted by Gasteiger charge is 2.35. The fourth-order valence-electron chi connectivity index (χ4n) is 1.29. The maximum absolute atomic E-state index is 13.0. The molecule has 0 bridgehead atoms. The third kappa shape index (κ3) is 3.19. The smallest absolute Gasteiger partial charge is 0.419 e.